The van der Waals surface area contributed by atoms with Crippen LogP contribution in [0.1, 0.15) is 30.0 Å². The Hall–Kier alpha value is -2.21. The van der Waals surface area contributed by atoms with Crippen LogP contribution in [0.5, 0.6) is 0 Å². The average Bonchev–Trinajstić information content (AvgIpc) is 2.42. The number of aryl methyl sites for hydroxylation is 3. The molecule has 2 rings (SSSR count). The van der Waals surface area contributed by atoms with Gasteiger partial charge in [-0.1, -0.05) is 13.3 Å². The molecule has 2 aromatic rings. The Morgan fingerprint density at radius 3 is 2.65 bits per heavy atom. The molecule has 6 nitrogen and oxygen atoms in total. The van der Waals surface area contributed by atoms with Gasteiger partial charge in [-0.05, 0) is 37.5 Å². The predicted molar refractivity (Wildman–Crippen MR) is 79.7 cm³/mol. The molecule has 0 saturated carbocycles. The molecule has 3 N–H and O–H groups in total. The molecule has 106 valence electrons. The first-order valence-corrected chi connectivity index (χ1v) is 6.54. The van der Waals surface area contributed by atoms with Gasteiger partial charge < -0.3 is 5.43 Å². The predicted octanol–water partition coefficient (Wildman–Crippen LogP) is 3.00. The summed E-state index contributed by atoms with van der Waals surface area (Å²) in [7, 11) is 0. The zero-order valence-corrected chi connectivity index (χ0v) is 11.9. The number of benzene rings is 1. The van der Waals surface area contributed by atoms with Crippen LogP contribution in [0.3, 0.4) is 0 Å². The van der Waals surface area contributed by atoms with Crippen LogP contribution in [0.4, 0.5) is 11.5 Å². The summed E-state index contributed by atoms with van der Waals surface area (Å²) in [5.41, 5.74) is 5.89. The number of nitro groups is 1. The molecule has 0 spiro atoms. The topological polar surface area (TPSA) is 94.1 Å². The van der Waals surface area contributed by atoms with E-state index < -0.39 is 0 Å². The Labute approximate surface area is 117 Å². The Kier molecular flexibility index (Phi) is 3.85. The Morgan fingerprint density at radius 1 is 1.40 bits per heavy atom. The van der Waals surface area contributed by atoms with Crippen LogP contribution in [-0.2, 0) is 6.42 Å². The minimum atomic E-state index is -0.351. The van der Waals surface area contributed by atoms with Crippen LogP contribution >= 0.6 is 0 Å². The fourth-order valence-corrected chi connectivity index (χ4v) is 2.44. The van der Waals surface area contributed by atoms with Crippen LogP contribution in [0.25, 0.3) is 10.9 Å². The summed E-state index contributed by atoms with van der Waals surface area (Å²) in [6, 6.07) is 3.51. The molecule has 0 aliphatic carbocycles. The van der Waals surface area contributed by atoms with Gasteiger partial charge in [0.1, 0.15) is 5.82 Å². The number of nitrogens with one attached hydrogen (secondary N) is 1. The summed E-state index contributed by atoms with van der Waals surface area (Å²) in [6.45, 7) is 5.64. The first kappa shape index (κ1) is 14.2. The van der Waals surface area contributed by atoms with E-state index in [1.54, 1.807) is 13.0 Å². The Balaban J connectivity index is 2.81. The van der Waals surface area contributed by atoms with Crippen molar-refractivity contribution in [3.8, 4) is 0 Å². The van der Waals surface area contributed by atoms with Gasteiger partial charge in [0.05, 0.1) is 10.4 Å². The molecule has 6 heteroatoms. The van der Waals surface area contributed by atoms with Crippen LogP contribution < -0.4 is 11.3 Å². The van der Waals surface area contributed by atoms with Crippen molar-refractivity contribution in [3.05, 3.63) is 38.9 Å². The number of nitro benzene ring substituents is 1. The zero-order chi connectivity index (χ0) is 14.9. The molecule has 0 amide bonds. The number of hydrazine groups is 1. The number of hydrogen-bond acceptors (Lipinski definition) is 5. The molecule has 0 radical (unpaired) electrons. The fraction of sp³-hybridized carbons (Fsp3) is 0.357. The molecule has 0 saturated heterocycles. The summed E-state index contributed by atoms with van der Waals surface area (Å²) < 4.78 is 0. The number of nitrogen functional groups attached to an aromatic ring is 1. The number of aromatic nitrogens is 1. The molecule has 1 heterocycles. The van der Waals surface area contributed by atoms with Crippen molar-refractivity contribution in [1.29, 1.82) is 0 Å². The molecule has 0 fully saturated rings. The van der Waals surface area contributed by atoms with Gasteiger partial charge in [-0.3, -0.25) is 10.1 Å². The van der Waals surface area contributed by atoms with E-state index in [0.717, 1.165) is 34.9 Å². The molecule has 0 atom stereocenters. The first-order chi connectivity index (χ1) is 9.49. The fourth-order valence-electron chi connectivity index (χ4n) is 2.44. The van der Waals surface area contributed by atoms with Crippen molar-refractivity contribution in [2.24, 2.45) is 5.84 Å². The summed E-state index contributed by atoms with van der Waals surface area (Å²) in [6.07, 6.45) is 1.78. The van der Waals surface area contributed by atoms with Gasteiger partial charge in [0.25, 0.3) is 5.69 Å². The highest BCUT2D eigenvalue weighted by Crippen LogP contribution is 2.32. The molecule has 0 aliphatic heterocycles. The second-order valence-corrected chi connectivity index (χ2v) is 4.88. The van der Waals surface area contributed by atoms with E-state index in [2.05, 4.69) is 17.3 Å². The van der Waals surface area contributed by atoms with E-state index in [0.29, 0.717) is 11.4 Å². The normalized spacial score (nSPS) is 10.8. The maximum Gasteiger partial charge on any atom is 0.273 e. The highest BCUT2D eigenvalue weighted by molar-refractivity contribution is 5.90. The second kappa shape index (κ2) is 5.42. The minimum absolute atomic E-state index is 0.132. The number of fused-ring (bicyclic) bond motifs is 1. The number of rotatable bonds is 4. The van der Waals surface area contributed by atoms with Gasteiger partial charge in [0, 0.05) is 17.0 Å². The lowest BCUT2D eigenvalue weighted by atomic mass is 10.00. The molecule has 1 aromatic carbocycles. The molecule has 1 aromatic heterocycles. The van der Waals surface area contributed by atoms with Crippen molar-refractivity contribution in [2.45, 2.75) is 33.6 Å². The summed E-state index contributed by atoms with van der Waals surface area (Å²) in [4.78, 5) is 15.3. The van der Waals surface area contributed by atoms with Crippen LogP contribution in [0, 0.1) is 24.0 Å². The third-order valence-electron chi connectivity index (χ3n) is 3.47. The monoisotopic (exact) mass is 274 g/mol. The molecule has 0 bridgehead atoms. The molecule has 0 unspecified atom stereocenters. The number of anilines is 1. The Morgan fingerprint density at radius 2 is 2.10 bits per heavy atom. The van der Waals surface area contributed by atoms with Crippen molar-refractivity contribution in [3.63, 3.8) is 0 Å². The molecular weight excluding hydrogens is 256 g/mol. The maximum absolute atomic E-state index is 11.1. The largest absolute Gasteiger partial charge is 0.308 e. The van der Waals surface area contributed by atoms with Crippen molar-refractivity contribution >= 4 is 22.4 Å². The number of pyridine rings is 1. The van der Waals surface area contributed by atoms with Crippen molar-refractivity contribution < 1.29 is 4.92 Å². The van der Waals surface area contributed by atoms with E-state index >= 15 is 0 Å². The van der Waals surface area contributed by atoms with E-state index in [-0.39, 0.29) is 10.6 Å². The lowest BCUT2D eigenvalue weighted by Gasteiger charge is -2.12. The SMILES string of the molecule is CCCc1cc2c(C)c([N+](=O)[O-])cc(C)c2nc1NN. The number of hydrogen-bond donors (Lipinski definition) is 2. The average molecular weight is 274 g/mol. The highest BCUT2D eigenvalue weighted by Gasteiger charge is 2.18. The lowest BCUT2D eigenvalue weighted by molar-refractivity contribution is -0.385. The smallest absolute Gasteiger partial charge is 0.273 e. The highest BCUT2D eigenvalue weighted by atomic mass is 16.6. The van der Waals surface area contributed by atoms with E-state index in [1.807, 2.05) is 13.0 Å². The van der Waals surface area contributed by atoms with Gasteiger partial charge in [0.15, 0.2) is 0 Å². The van der Waals surface area contributed by atoms with Gasteiger partial charge in [0.2, 0.25) is 0 Å². The quantitative estimate of drug-likeness (QED) is 0.507. The van der Waals surface area contributed by atoms with Gasteiger partial charge in [-0.25, -0.2) is 10.8 Å². The molecular formula is C14H18N4O2. The summed E-state index contributed by atoms with van der Waals surface area (Å²) in [5.74, 6) is 6.15. The van der Waals surface area contributed by atoms with E-state index in [4.69, 9.17) is 5.84 Å². The lowest BCUT2D eigenvalue weighted by Crippen LogP contribution is -2.12. The van der Waals surface area contributed by atoms with Crippen LogP contribution in [0.2, 0.25) is 0 Å². The van der Waals surface area contributed by atoms with Gasteiger partial charge in [-0.2, -0.15) is 0 Å². The summed E-state index contributed by atoms with van der Waals surface area (Å²) >= 11 is 0. The molecule has 20 heavy (non-hydrogen) atoms. The van der Waals surface area contributed by atoms with Gasteiger partial charge >= 0.3 is 0 Å². The third-order valence-corrected chi connectivity index (χ3v) is 3.47. The van der Waals surface area contributed by atoms with Gasteiger partial charge in [-0.15, -0.1) is 0 Å². The minimum Gasteiger partial charge on any atom is -0.308 e. The second-order valence-electron chi connectivity index (χ2n) is 4.88. The number of nitrogens with two attached hydrogens (primary N) is 1. The van der Waals surface area contributed by atoms with E-state index in [1.165, 1.54) is 0 Å². The van der Waals surface area contributed by atoms with Crippen LogP contribution in [-0.4, -0.2) is 9.91 Å². The zero-order valence-electron chi connectivity index (χ0n) is 11.9. The van der Waals surface area contributed by atoms with E-state index in [9.17, 15) is 10.1 Å². The third kappa shape index (κ3) is 2.30. The Bertz CT molecular complexity index is 683. The van der Waals surface area contributed by atoms with Crippen molar-refractivity contribution in [2.75, 3.05) is 5.43 Å². The first-order valence-electron chi connectivity index (χ1n) is 6.54. The summed E-state index contributed by atoms with van der Waals surface area (Å²) in [5, 5.41) is 11.9. The maximum atomic E-state index is 11.1. The number of nitrogens with zero attached hydrogens (tertiary/aromatic N) is 2. The molecule has 0 aliphatic rings. The van der Waals surface area contributed by atoms with Crippen LogP contribution in [0.15, 0.2) is 12.1 Å². The standard InChI is InChI=1S/C14H18N4O2/c1-4-5-10-7-11-9(3)12(18(19)20)6-8(2)13(11)16-14(10)17-15/h6-7H,4-5,15H2,1-3H3,(H,16,17). The van der Waals surface area contributed by atoms with Crippen molar-refractivity contribution in [1.82, 2.24) is 4.98 Å².